The lowest BCUT2D eigenvalue weighted by Crippen LogP contribution is -2.19. The molecule has 0 saturated heterocycles. The number of nitrogens with zero attached hydrogens (tertiary/aromatic N) is 1. The van der Waals surface area contributed by atoms with Gasteiger partial charge in [-0.05, 0) is 44.2 Å². The normalized spacial score (nSPS) is 12.0. The maximum Gasteiger partial charge on any atom is 0.126 e. The number of rotatable bonds is 5. The summed E-state index contributed by atoms with van der Waals surface area (Å²) >= 11 is 0. The Bertz CT molecular complexity index is 613. The van der Waals surface area contributed by atoms with Gasteiger partial charge in [-0.3, -0.25) is 0 Å². The fraction of sp³-hybridized carbons (Fsp3) is 0.294. The zero-order chi connectivity index (χ0) is 15.4. The van der Waals surface area contributed by atoms with Gasteiger partial charge >= 0.3 is 0 Å². The first kappa shape index (κ1) is 15.3. The second-order valence-electron chi connectivity index (χ2n) is 4.79. The third-order valence-corrected chi connectivity index (χ3v) is 3.41. The molecule has 2 aromatic carbocycles. The summed E-state index contributed by atoms with van der Waals surface area (Å²) in [6.07, 6.45) is -0.682. The van der Waals surface area contributed by atoms with Gasteiger partial charge in [0.05, 0.1) is 18.9 Å². The van der Waals surface area contributed by atoms with Crippen LogP contribution in [-0.2, 0) is 0 Å². The van der Waals surface area contributed by atoms with Crippen molar-refractivity contribution in [1.29, 1.82) is 0 Å². The molecule has 2 rings (SSSR count). The number of hydrogen-bond acceptors (Lipinski definition) is 3. The minimum atomic E-state index is -0.682. The van der Waals surface area contributed by atoms with Gasteiger partial charge in [-0.25, -0.2) is 4.39 Å². The molecule has 4 heteroatoms. The van der Waals surface area contributed by atoms with Crippen LogP contribution in [0.25, 0.3) is 0 Å². The monoisotopic (exact) mass is 289 g/mol. The molecular weight excluding hydrogens is 269 g/mol. The van der Waals surface area contributed by atoms with Crippen molar-refractivity contribution in [3.8, 4) is 5.75 Å². The molecule has 0 heterocycles. The molecule has 0 spiro atoms. The second-order valence-corrected chi connectivity index (χ2v) is 4.79. The highest BCUT2D eigenvalue weighted by molar-refractivity contribution is 5.69. The van der Waals surface area contributed by atoms with Crippen LogP contribution < -0.4 is 9.64 Å². The van der Waals surface area contributed by atoms with E-state index in [0.717, 1.165) is 11.4 Å². The van der Waals surface area contributed by atoms with Gasteiger partial charge in [-0.15, -0.1) is 0 Å². The van der Waals surface area contributed by atoms with Crippen LogP contribution in [0.5, 0.6) is 5.75 Å². The SMILES string of the molecule is CCN(c1cccc(F)c1)c1cccc(OC)c1[C@@H](C)O. The predicted octanol–water partition coefficient (Wildman–Crippen LogP) is 4.05. The van der Waals surface area contributed by atoms with Crippen molar-refractivity contribution < 1.29 is 14.2 Å². The van der Waals surface area contributed by atoms with E-state index in [-0.39, 0.29) is 5.82 Å². The van der Waals surface area contributed by atoms with Crippen LogP contribution in [0.3, 0.4) is 0 Å². The Morgan fingerprint density at radius 3 is 2.52 bits per heavy atom. The predicted molar refractivity (Wildman–Crippen MR) is 82.7 cm³/mol. The molecule has 0 radical (unpaired) electrons. The Labute approximate surface area is 124 Å². The summed E-state index contributed by atoms with van der Waals surface area (Å²) in [4.78, 5) is 1.95. The zero-order valence-electron chi connectivity index (χ0n) is 12.5. The Morgan fingerprint density at radius 2 is 1.95 bits per heavy atom. The fourth-order valence-corrected chi connectivity index (χ4v) is 2.50. The molecule has 0 unspecified atom stereocenters. The van der Waals surface area contributed by atoms with Crippen molar-refractivity contribution in [2.75, 3.05) is 18.6 Å². The Kier molecular flexibility index (Phi) is 4.81. The third-order valence-electron chi connectivity index (χ3n) is 3.41. The molecule has 0 aliphatic carbocycles. The van der Waals surface area contributed by atoms with Gasteiger partial charge in [-0.1, -0.05) is 12.1 Å². The van der Waals surface area contributed by atoms with E-state index in [2.05, 4.69) is 0 Å². The quantitative estimate of drug-likeness (QED) is 0.901. The lowest BCUT2D eigenvalue weighted by atomic mass is 10.0. The van der Waals surface area contributed by atoms with Gasteiger partial charge < -0.3 is 14.7 Å². The maximum absolute atomic E-state index is 13.5. The van der Waals surface area contributed by atoms with E-state index in [1.54, 1.807) is 20.1 Å². The molecule has 112 valence electrons. The van der Waals surface area contributed by atoms with Crippen molar-refractivity contribution >= 4 is 11.4 Å². The first-order chi connectivity index (χ1) is 10.1. The van der Waals surface area contributed by atoms with Crippen LogP contribution >= 0.6 is 0 Å². The summed E-state index contributed by atoms with van der Waals surface area (Å²) in [5.74, 6) is 0.338. The number of benzene rings is 2. The van der Waals surface area contributed by atoms with E-state index < -0.39 is 6.10 Å². The van der Waals surface area contributed by atoms with Crippen LogP contribution in [0.4, 0.5) is 15.8 Å². The average molecular weight is 289 g/mol. The average Bonchev–Trinajstić information content (AvgIpc) is 2.47. The zero-order valence-corrected chi connectivity index (χ0v) is 12.5. The van der Waals surface area contributed by atoms with Crippen molar-refractivity contribution in [3.05, 3.63) is 53.8 Å². The third kappa shape index (κ3) is 3.16. The lowest BCUT2D eigenvalue weighted by molar-refractivity contribution is 0.195. The summed E-state index contributed by atoms with van der Waals surface area (Å²) in [6.45, 7) is 4.33. The van der Waals surface area contributed by atoms with E-state index in [9.17, 15) is 9.50 Å². The highest BCUT2D eigenvalue weighted by atomic mass is 19.1. The summed E-state index contributed by atoms with van der Waals surface area (Å²) in [5.41, 5.74) is 2.26. The van der Waals surface area contributed by atoms with Crippen LogP contribution in [0, 0.1) is 5.82 Å². The van der Waals surface area contributed by atoms with Gasteiger partial charge in [0.15, 0.2) is 0 Å². The summed E-state index contributed by atoms with van der Waals surface area (Å²) < 4.78 is 18.8. The van der Waals surface area contributed by atoms with Crippen LogP contribution in [0.1, 0.15) is 25.5 Å². The summed E-state index contributed by atoms with van der Waals surface area (Å²) in [7, 11) is 1.57. The second kappa shape index (κ2) is 6.59. The van der Waals surface area contributed by atoms with E-state index in [1.165, 1.54) is 12.1 Å². The number of aliphatic hydroxyl groups is 1. The number of methoxy groups -OCH3 is 1. The van der Waals surface area contributed by atoms with Crippen molar-refractivity contribution in [3.63, 3.8) is 0 Å². The molecule has 2 aromatic rings. The molecule has 21 heavy (non-hydrogen) atoms. The Hall–Kier alpha value is -2.07. The fourth-order valence-electron chi connectivity index (χ4n) is 2.50. The number of halogens is 1. The lowest BCUT2D eigenvalue weighted by Gasteiger charge is -2.28. The molecular formula is C17H20FNO2. The summed E-state index contributed by atoms with van der Waals surface area (Å²) in [5, 5.41) is 10.1. The largest absolute Gasteiger partial charge is 0.496 e. The van der Waals surface area contributed by atoms with Gasteiger partial charge in [0.2, 0.25) is 0 Å². The first-order valence-electron chi connectivity index (χ1n) is 6.96. The molecule has 3 nitrogen and oxygen atoms in total. The molecule has 0 aliphatic heterocycles. The molecule has 0 aliphatic rings. The topological polar surface area (TPSA) is 32.7 Å². The Morgan fingerprint density at radius 1 is 1.24 bits per heavy atom. The van der Waals surface area contributed by atoms with E-state index in [4.69, 9.17) is 4.74 Å². The minimum absolute atomic E-state index is 0.285. The van der Waals surface area contributed by atoms with Crippen LogP contribution in [0.15, 0.2) is 42.5 Å². The molecule has 0 bridgehead atoms. The van der Waals surface area contributed by atoms with Crippen molar-refractivity contribution in [1.82, 2.24) is 0 Å². The molecule has 0 saturated carbocycles. The maximum atomic E-state index is 13.5. The molecule has 1 N–H and O–H groups in total. The molecule has 0 fully saturated rings. The molecule has 0 amide bonds. The van der Waals surface area contributed by atoms with Crippen molar-refractivity contribution in [2.24, 2.45) is 0 Å². The number of hydrogen-bond donors (Lipinski definition) is 1. The smallest absolute Gasteiger partial charge is 0.126 e. The van der Waals surface area contributed by atoms with E-state index in [1.807, 2.05) is 36.1 Å². The number of aliphatic hydroxyl groups excluding tert-OH is 1. The standard InChI is InChI=1S/C17H20FNO2/c1-4-19(14-8-5-7-13(18)11-14)15-9-6-10-16(21-3)17(15)12(2)20/h5-12,20H,4H2,1-3H3/t12-/m1/s1. The highest BCUT2D eigenvalue weighted by Crippen LogP contribution is 2.37. The van der Waals surface area contributed by atoms with Gasteiger partial charge in [0.25, 0.3) is 0 Å². The minimum Gasteiger partial charge on any atom is -0.496 e. The molecule has 1 atom stereocenters. The summed E-state index contributed by atoms with van der Waals surface area (Å²) in [6, 6.07) is 12.0. The number of anilines is 2. The number of ether oxygens (including phenoxy) is 1. The van der Waals surface area contributed by atoms with Crippen LogP contribution in [0.2, 0.25) is 0 Å². The van der Waals surface area contributed by atoms with Gasteiger partial charge in [0, 0.05) is 17.8 Å². The van der Waals surface area contributed by atoms with Gasteiger partial charge in [-0.2, -0.15) is 0 Å². The van der Waals surface area contributed by atoms with Crippen LogP contribution in [-0.4, -0.2) is 18.8 Å². The van der Waals surface area contributed by atoms with Crippen molar-refractivity contribution in [2.45, 2.75) is 20.0 Å². The first-order valence-corrected chi connectivity index (χ1v) is 6.96. The molecule has 0 aromatic heterocycles. The van der Waals surface area contributed by atoms with Gasteiger partial charge in [0.1, 0.15) is 11.6 Å². The highest BCUT2D eigenvalue weighted by Gasteiger charge is 2.19. The van der Waals surface area contributed by atoms with E-state index >= 15 is 0 Å². The Balaban J connectivity index is 2.57. The van der Waals surface area contributed by atoms with E-state index in [0.29, 0.717) is 17.9 Å².